The number of nitrogens with zero attached hydrogens (tertiary/aromatic N) is 1. The van der Waals surface area contributed by atoms with Crippen LogP contribution in [0.3, 0.4) is 0 Å². The van der Waals surface area contributed by atoms with Gasteiger partial charge in [-0.05, 0) is 49.7 Å². The molecule has 2 aromatic rings. The highest BCUT2D eigenvalue weighted by Gasteiger charge is 2.19. The molecule has 128 valence electrons. The molecule has 3 nitrogen and oxygen atoms in total. The van der Waals surface area contributed by atoms with Crippen molar-refractivity contribution in [2.24, 2.45) is 0 Å². The summed E-state index contributed by atoms with van der Waals surface area (Å²) in [5.41, 5.74) is 2.61. The van der Waals surface area contributed by atoms with E-state index in [1.54, 1.807) is 7.11 Å². The van der Waals surface area contributed by atoms with Crippen molar-refractivity contribution in [3.05, 3.63) is 64.1 Å². The molecule has 0 unspecified atom stereocenters. The van der Waals surface area contributed by atoms with Gasteiger partial charge in [-0.15, -0.1) is 0 Å². The minimum atomic E-state index is 0.584. The van der Waals surface area contributed by atoms with Gasteiger partial charge in [-0.3, -0.25) is 4.90 Å². The van der Waals surface area contributed by atoms with Crippen LogP contribution in [0.5, 0.6) is 5.75 Å². The molecule has 24 heavy (non-hydrogen) atoms. The highest BCUT2D eigenvalue weighted by atomic mass is 79.9. The summed E-state index contributed by atoms with van der Waals surface area (Å²) in [6, 6.07) is 17.5. The quantitative estimate of drug-likeness (QED) is 0.801. The molecule has 0 bridgehead atoms. The largest absolute Gasteiger partial charge is 0.496 e. The number of benzene rings is 2. The van der Waals surface area contributed by atoms with Crippen LogP contribution in [0.2, 0.25) is 0 Å². The molecule has 1 N–H and O–H groups in total. The van der Waals surface area contributed by atoms with Crippen molar-refractivity contribution in [2.45, 2.75) is 32.0 Å². The van der Waals surface area contributed by atoms with Gasteiger partial charge in [-0.2, -0.15) is 0 Å². The zero-order valence-corrected chi connectivity index (χ0v) is 15.8. The van der Waals surface area contributed by atoms with Crippen LogP contribution in [0.4, 0.5) is 0 Å². The average molecular weight is 389 g/mol. The van der Waals surface area contributed by atoms with Gasteiger partial charge in [0.25, 0.3) is 0 Å². The Morgan fingerprint density at radius 1 is 1.12 bits per heavy atom. The van der Waals surface area contributed by atoms with E-state index in [4.69, 9.17) is 4.74 Å². The Kier molecular flexibility index (Phi) is 6.30. The molecule has 1 aliphatic heterocycles. The SMILES string of the molecule is COc1ccc(Br)cc1CNC1CCN(Cc2ccccc2)CC1. The van der Waals surface area contributed by atoms with E-state index in [1.807, 2.05) is 12.1 Å². The topological polar surface area (TPSA) is 24.5 Å². The molecule has 4 heteroatoms. The summed E-state index contributed by atoms with van der Waals surface area (Å²) in [6.45, 7) is 4.23. The first-order chi connectivity index (χ1) is 11.7. The third-order valence-electron chi connectivity index (χ3n) is 4.66. The van der Waals surface area contributed by atoms with Crippen LogP contribution in [-0.2, 0) is 13.1 Å². The molecule has 0 radical (unpaired) electrons. The zero-order valence-electron chi connectivity index (χ0n) is 14.2. The second-order valence-electron chi connectivity index (χ2n) is 6.37. The molecule has 0 aromatic heterocycles. The van der Waals surface area contributed by atoms with Crippen molar-refractivity contribution >= 4 is 15.9 Å². The lowest BCUT2D eigenvalue weighted by Crippen LogP contribution is -2.41. The summed E-state index contributed by atoms with van der Waals surface area (Å²) in [6.07, 6.45) is 2.40. The molecular weight excluding hydrogens is 364 g/mol. The lowest BCUT2D eigenvalue weighted by molar-refractivity contribution is 0.190. The first kappa shape index (κ1) is 17.5. The zero-order chi connectivity index (χ0) is 16.8. The molecule has 0 atom stereocenters. The monoisotopic (exact) mass is 388 g/mol. The predicted octanol–water partition coefficient (Wildman–Crippen LogP) is 4.21. The fourth-order valence-corrected chi connectivity index (χ4v) is 3.68. The molecular formula is C20H25BrN2O. The fourth-order valence-electron chi connectivity index (χ4n) is 3.28. The van der Waals surface area contributed by atoms with E-state index in [2.05, 4.69) is 62.5 Å². The Hall–Kier alpha value is -1.36. The Labute approximate surface area is 153 Å². The van der Waals surface area contributed by atoms with Crippen molar-refractivity contribution in [1.29, 1.82) is 0 Å². The highest BCUT2D eigenvalue weighted by Crippen LogP contribution is 2.23. The van der Waals surface area contributed by atoms with E-state index in [9.17, 15) is 0 Å². The number of rotatable bonds is 6. The van der Waals surface area contributed by atoms with Gasteiger partial charge in [0.05, 0.1) is 7.11 Å². The number of ether oxygens (including phenoxy) is 1. The van der Waals surface area contributed by atoms with Crippen molar-refractivity contribution < 1.29 is 4.74 Å². The van der Waals surface area contributed by atoms with E-state index in [0.717, 1.165) is 36.4 Å². The maximum Gasteiger partial charge on any atom is 0.123 e. The van der Waals surface area contributed by atoms with Gasteiger partial charge >= 0.3 is 0 Å². The van der Waals surface area contributed by atoms with Crippen molar-refractivity contribution in [2.75, 3.05) is 20.2 Å². The van der Waals surface area contributed by atoms with Crippen LogP contribution in [0.25, 0.3) is 0 Å². The number of piperidine rings is 1. The van der Waals surface area contributed by atoms with Gasteiger partial charge in [0.2, 0.25) is 0 Å². The Morgan fingerprint density at radius 2 is 1.88 bits per heavy atom. The predicted molar refractivity (Wildman–Crippen MR) is 102 cm³/mol. The molecule has 1 fully saturated rings. The maximum absolute atomic E-state index is 5.45. The van der Waals surface area contributed by atoms with E-state index in [-0.39, 0.29) is 0 Å². The molecule has 1 heterocycles. The van der Waals surface area contributed by atoms with Crippen LogP contribution in [-0.4, -0.2) is 31.1 Å². The van der Waals surface area contributed by atoms with Gasteiger partial charge in [0, 0.05) is 29.2 Å². The molecule has 0 saturated carbocycles. The van der Waals surface area contributed by atoms with E-state index in [0.29, 0.717) is 6.04 Å². The average Bonchev–Trinajstić information content (AvgIpc) is 2.62. The molecule has 0 amide bonds. The van der Waals surface area contributed by atoms with Gasteiger partial charge < -0.3 is 10.1 Å². The third kappa shape index (κ3) is 4.82. The first-order valence-corrected chi connectivity index (χ1v) is 9.36. The smallest absolute Gasteiger partial charge is 0.123 e. The van der Waals surface area contributed by atoms with Crippen molar-refractivity contribution in [3.63, 3.8) is 0 Å². The third-order valence-corrected chi connectivity index (χ3v) is 5.15. The Morgan fingerprint density at radius 3 is 2.58 bits per heavy atom. The van der Waals surface area contributed by atoms with E-state index in [1.165, 1.54) is 24.0 Å². The minimum Gasteiger partial charge on any atom is -0.496 e. The Balaban J connectivity index is 1.47. The first-order valence-electron chi connectivity index (χ1n) is 8.56. The molecule has 0 aliphatic carbocycles. The molecule has 2 aromatic carbocycles. The van der Waals surface area contributed by atoms with Gasteiger partial charge in [-0.25, -0.2) is 0 Å². The van der Waals surface area contributed by atoms with E-state index < -0.39 is 0 Å². The fraction of sp³-hybridized carbons (Fsp3) is 0.400. The number of hydrogen-bond acceptors (Lipinski definition) is 3. The van der Waals surface area contributed by atoms with Gasteiger partial charge in [0.1, 0.15) is 5.75 Å². The number of hydrogen-bond donors (Lipinski definition) is 1. The lowest BCUT2D eigenvalue weighted by Gasteiger charge is -2.32. The Bertz CT molecular complexity index is 639. The van der Waals surface area contributed by atoms with Crippen molar-refractivity contribution in [3.8, 4) is 5.75 Å². The summed E-state index contributed by atoms with van der Waals surface area (Å²) in [4.78, 5) is 2.55. The lowest BCUT2D eigenvalue weighted by atomic mass is 10.0. The van der Waals surface area contributed by atoms with Crippen LogP contribution < -0.4 is 10.1 Å². The van der Waals surface area contributed by atoms with Gasteiger partial charge in [-0.1, -0.05) is 46.3 Å². The van der Waals surface area contributed by atoms with E-state index >= 15 is 0 Å². The normalized spacial score (nSPS) is 16.2. The van der Waals surface area contributed by atoms with Crippen LogP contribution in [0, 0.1) is 0 Å². The number of likely N-dealkylation sites (tertiary alicyclic amines) is 1. The second-order valence-corrected chi connectivity index (χ2v) is 7.29. The summed E-state index contributed by atoms with van der Waals surface area (Å²) in [5, 5.41) is 3.70. The highest BCUT2D eigenvalue weighted by molar-refractivity contribution is 9.10. The molecule has 1 aliphatic rings. The standard InChI is InChI=1S/C20H25BrN2O/c1-24-20-8-7-18(21)13-17(20)14-22-19-9-11-23(12-10-19)15-16-5-3-2-4-6-16/h2-8,13,19,22H,9-12,14-15H2,1H3. The van der Waals surface area contributed by atoms with Crippen LogP contribution in [0.15, 0.2) is 53.0 Å². The molecule has 0 spiro atoms. The van der Waals surface area contributed by atoms with Crippen LogP contribution in [0.1, 0.15) is 24.0 Å². The summed E-state index contributed by atoms with van der Waals surface area (Å²) >= 11 is 3.54. The van der Waals surface area contributed by atoms with Gasteiger partial charge in [0.15, 0.2) is 0 Å². The number of nitrogens with one attached hydrogen (secondary N) is 1. The summed E-state index contributed by atoms with van der Waals surface area (Å²) in [7, 11) is 1.73. The number of halogens is 1. The molecule has 1 saturated heterocycles. The van der Waals surface area contributed by atoms with Crippen LogP contribution >= 0.6 is 15.9 Å². The summed E-state index contributed by atoms with van der Waals surface area (Å²) < 4.78 is 6.55. The second kappa shape index (κ2) is 8.65. The maximum atomic E-state index is 5.45. The van der Waals surface area contributed by atoms with Crippen molar-refractivity contribution in [1.82, 2.24) is 10.2 Å². The molecule has 3 rings (SSSR count). The summed E-state index contributed by atoms with van der Waals surface area (Å²) in [5.74, 6) is 0.951. The number of methoxy groups -OCH3 is 1. The minimum absolute atomic E-state index is 0.584.